The molecule has 2 saturated heterocycles. The van der Waals surface area contributed by atoms with Gasteiger partial charge in [-0.15, -0.1) is 23.4 Å². The van der Waals surface area contributed by atoms with E-state index in [1.54, 1.807) is 0 Å². The molecule has 1 aliphatic carbocycles. The lowest BCUT2D eigenvalue weighted by Gasteiger charge is -2.36. The zero-order valence-corrected chi connectivity index (χ0v) is 17.7. The summed E-state index contributed by atoms with van der Waals surface area (Å²) in [7, 11) is 2.13. The van der Waals surface area contributed by atoms with Gasteiger partial charge in [0, 0.05) is 23.2 Å². The molecule has 7 atom stereocenters. The number of nitrogens with zero attached hydrogens (tertiary/aromatic N) is 1. The highest BCUT2D eigenvalue weighted by Crippen LogP contribution is 2.35. The molecule has 1 amide bonds. The van der Waals surface area contributed by atoms with E-state index in [1.165, 1.54) is 12.8 Å². The van der Waals surface area contributed by atoms with Gasteiger partial charge in [0.15, 0.2) is 0 Å². The lowest BCUT2D eigenvalue weighted by atomic mass is 9.83. The van der Waals surface area contributed by atoms with Gasteiger partial charge in [-0.2, -0.15) is 0 Å². The number of carbonyl (C=O) groups is 1. The SMILES string of the molecule is CC1CC(C(=O)NC2CCCC([C@H](C)SC3NNCN3C)C2)NCC1Cl. The molecule has 2 heterocycles. The Kier molecular flexibility index (Phi) is 7.50. The number of rotatable bonds is 5. The monoisotopic (exact) mass is 403 g/mol. The minimum Gasteiger partial charge on any atom is -0.352 e. The number of halogens is 1. The maximum atomic E-state index is 12.7. The van der Waals surface area contributed by atoms with Crippen LogP contribution in [0, 0.1) is 11.8 Å². The van der Waals surface area contributed by atoms with E-state index in [0.717, 1.165) is 32.5 Å². The van der Waals surface area contributed by atoms with Gasteiger partial charge in [0.05, 0.1) is 12.7 Å². The third-order valence-corrected chi connectivity index (χ3v) is 8.26. The molecule has 0 aromatic rings. The molecule has 26 heavy (non-hydrogen) atoms. The predicted molar refractivity (Wildman–Crippen MR) is 109 cm³/mol. The van der Waals surface area contributed by atoms with Crippen molar-refractivity contribution in [3.05, 3.63) is 0 Å². The second-order valence-corrected chi connectivity index (χ2v) is 10.3. The molecule has 150 valence electrons. The maximum absolute atomic E-state index is 12.7. The molecule has 6 nitrogen and oxygen atoms in total. The Labute approximate surface area is 166 Å². The van der Waals surface area contributed by atoms with E-state index in [4.69, 9.17) is 11.6 Å². The van der Waals surface area contributed by atoms with Crippen molar-refractivity contribution in [3.63, 3.8) is 0 Å². The summed E-state index contributed by atoms with van der Waals surface area (Å²) in [6, 6.07) is 0.220. The van der Waals surface area contributed by atoms with Crippen molar-refractivity contribution in [2.75, 3.05) is 20.3 Å². The topological polar surface area (TPSA) is 68.4 Å². The van der Waals surface area contributed by atoms with E-state index < -0.39 is 0 Å². The lowest BCUT2D eigenvalue weighted by molar-refractivity contribution is -0.125. The average molecular weight is 404 g/mol. The summed E-state index contributed by atoms with van der Waals surface area (Å²) in [4.78, 5) is 15.0. The van der Waals surface area contributed by atoms with Gasteiger partial charge in [0.1, 0.15) is 5.50 Å². The highest BCUT2D eigenvalue weighted by Gasteiger charge is 2.34. The summed E-state index contributed by atoms with van der Waals surface area (Å²) in [6.45, 7) is 6.07. The Morgan fingerprint density at radius 3 is 2.85 bits per heavy atom. The number of hydrazine groups is 1. The molecule has 0 bridgehead atoms. The Morgan fingerprint density at radius 2 is 2.15 bits per heavy atom. The number of hydrogen-bond acceptors (Lipinski definition) is 6. The summed E-state index contributed by atoms with van der Waals surface area (Å²) in [5.41, 5.74) is 6.84. The maximum Gasteiger partial charge on any atom is 0.237 e. The van der Waals surface area contributed by atoms with Crippen LogP contribution in [0.3, 0.4) is 0 Å². The number of amides is 1. The highest BCUT2D eigenvalue weighted by molar-refractivity contribution is 8.00. The molecule has 3 fully saturated rings. The quantitative estimate of drug-likeness (QED) is 0.523. The first-order valence-corrected chi connectivity index (χ1v) is 11.3. The van der Waals surface area contributed by atoms with Gasteiger partial charge < -0.3 is 10.6 Å². The van der Waals surface area contributed by atoms with Crippen LogP contribution < -0.4 is 21.5 Å². The molecule has 0 aromatic heterocycles. The van der Waals surface area contributed by atoms with Gasteiger partial charge in [-0.3, -0.25) is 9.69 Å². The summed E-state index contributed by atoms with van der Waals surface area (Å²) in [6.07, 6.45) is 5.48. The van der Waals surface area contributed by atoms with Crippen LogP contribution in [0.15, 0.2) is 0 Å². The first-order valence-electron chi connectivity index (χ1n) is 9.96. The molecule has 1 saturated carbocycles. The molecule has 0 spiro atoms. The van der Waals surface area contributed by atoms with Crippen molar-refractivity contribution in [1.82, 2.24) is 26.4 Å². The summed E-state index contributed by atoms with van der Waals surface area (Å²) < 4.78 is 0. The van der Waals surface area contributed by atoms with E-state index in [0.29, 0.717) is 28.6 Å². The number of hydrogen-bond donors (Lipinski definition) is 4. The molecule has 0 aromatic carbocycles. The van der Waals surface area contributed by atoms with Gasteiger partial charge in [-0.25, -0.2) is 10.9 Å². The Bertz CT molecular complexity index is 484. The van der Waals surface area contributed by atoms with Crippen LogP contribution in [0.4, 0.5) is 0 Å². The smallest absolute Gasteiger partial charge is 0.237 e. The van der Waals surface area contributed by atoms with E-state index >= 15 is 0 Å². The van der Waals surface area contributed by atoms with Crippen molar-refractivity contribution in [1.29, 1.82) is 0 Å². The number of nitrogens with one attached hydrogen (secondary N) is 4. The molecular formula is C18H34ClN5OS. The fourth-order valence-electron chi connectivity index (χ4n) is 4.25. The molecule has 6 unspecified atom stereocenters. The van der Waals surface area contributed by atoms with E-state index in [1.807, 2.05) is 11.8 Å². The van der Waals surface area contributed by atoms with Crippen molar-refractivity contribution in [2.45, 2.75) is 74.2 Å². The van der Waals surface area contributed by atoms with E-state index in [9.17, 15) is 4.79 Å². The number of piperidine rings is 1. The zero-order chi connectivity index (χ0) is 18.7. The summed E-state index contributed by atoms with van der Waals surface area (Å²) in [5, 5.41) is 7.33. The first kappa shape index (κ1) is 20.7. The van der Waals surface area contributed by atoms with Crippen LogP contribution >= 0.6 is 23.4 Å². The molecule has 3 rings (SSSR count). The molecule has 4 N–H and O–H groups in total. The van der Waals surface area contributed by atoms with Crippen molar-refractivity contribution in [2.24, 2.45) is 11.8 Å². The predicted octanol–water partition coefficient (Wildman–Crippen LogP) is 1.67. The van der Waals surface area contributed by atoms with Gasteiger partial charge in [0.25, 0.3) is 0 Å². The van der Waals surface area contributed by atoms with Crippen LogP contribution in [0.5, 0.6) is 0 Å². The molecule has 3 aliphatic rings. The largest absolute Gasteiger partial charge is 0.352 e. The highest BCUT2D eigenvalue weighted by atomic mass is 35.5. The van der Waals surface area contributed by atoms with Gasteiger partial charge in [-0.1, -0.05) is 20.3 Å². The van der Waals surface area contributed by atoms with E-state index in [2.05, 4.69) is 47.3 Å². The van der Waals surface area contributed by atoms with Gasteiger partial charge in [0.2, 0.25) is 5.91 Å². The first-order chi connectivity index (χ1) is 12.4. The van der Waals surface area contributed by atoms with Crippen LogP contribution in [0.25, 0.3) is 0 Å². The fourth-order valence-corrected chi connectivity index (χ4v) is 5.75. The Morgan fingerprint density at radius 1 is 1.35 bits per heavy atom. The van der Waals surface area contributed by atoms with Crippen LogP contribution in [0.1, 0.15) is 46.0 Å². The number of thioether (sulfide) groups is 1. The van der Waals surface area contributed by atoms with Crippen molar-refractivity contribution >= 4 is 29.3 Å². The van der Waals surface area contributed by atoms with Crippen LogP contribution in [-0.4, -0.2) is 59.3 Å². The average Bonchev–Trinajstić information content (AvgIpc) is 3.02. The normalized spacial score (nSPS) is 40.3. The lowest BCUT2D eigenvalue weighted by Crippen LogP contribution is -2.54. The van der Waals surface area contributed by atoms with Crippen molar-refractivity contribution in [3.8, 4) is 0 Å². The van der Waals surface area contributed by atoms with E-state index in [-0.39, 0.29) is 17.3 Å². The molecular weight excluding hydrogens is 370 g/mol. The molecule has 8 heteroatoms. The summed E-state index contributed by atoms with van der Waals surface area (Å²) >= 11 is 8.24. The zero-order valence-electron chi connectivity index (χ0n) is 16.1. The number of alkyl halides is 1. The Hall–Kier alpha value is -0.0500. The second kappa shape index (κ2) is 9.43. The second-order valence-electron chi connectivity index (χ2n) is 8.25. The molecule has 0 radical (unpaired) electrons. The molecule has 2 aliphatic heterocycles. The number of carbonyl (C=O) groups excluding carboxylic acids is 1. The van der Waals surface area contributed by atoms with Crippen LogP contribution in [-0.2, 0) is 4.79 Å². The standard InChI is InChI=1S/C18H34ClN5OS/c1-11-7-16(20-9-15(11)19)17(25)22-14-6-4-5-13(8-14)12(2)26-18-23-21-10-24(18)3/h11-16,18,20-21,23H,4-10H2,1-3H3,(H,22,25)/t11?,12-,13?,14?,15?,16?,18?/m0/s1. The summed E-state index contributed by atoms with van der Waals surface area (Å²) in [5.74, 6) is 1.20. The van der Waals surface area contributed by atoms with Crippen LogP contribution in [0.2, 0.25) is 0 Å². The minimum atomic E-state index is -0.0883. The van der Waals surface area contributed by atoms with Gasteiger partial charge in [-0.05, 0) is 44.6 Å². The minimum absolute atomic E-state index is 0.0883. The fraction of sp³-hybridized carbons (Fsp3) is 0.944. The van der Waals surface area contributed by atoms with Crippen molar-refractivity contribution < 1.29 is 4.79 Å². The third-order valence-electron chi connectivity index (χ3n) is 6.12. The van der Waals surface area contributed by atoms with Gasteiger partial charge >= 0.3 is 0 Å². The Balaban J connectivity index is 1.46. The third kappa shape index (κ3) is 5.26.